The fourth-order valence-electron chi connectivity index (χ4n) is 1.93. The highest BCUT2D eigenvalue weighted by molar-refractivity contribution is 9.11. The summed E-state index contributed by atoms with van der Waals surface area (Å²) in [6, 6.07) is 0. The van der Waals surface area contributed by atoms with Crippen LogP contribution in [0.4, 0.5) is 0 Å². The maximum atomic E-state index is 6.04. The van der Waals surface area contributed by atoms with Gasteiger partial charge in [0.25, 0.3) is 0 Å². The molecule has 3 nitrogen and oxygen atoms in total. The Morgan fingerprint density at radius 3 is 2.28 bits per heavy atom. The van der Waals surface area contributed by atoms with Crippen molar-refractivity contribution in [3.63, 3.8) is 0 Å². The van der Waals surface area contributed by atoms with Crippen LogP contribution in [0.3, 0.4) is 0 Å². The molecule has 2 aliphatic rings. The van der Waals surface area contributed by atoms with E-state index in [0.29, 0.717) is 5.92 Å². The van der Waals surface area contributed by atoms with Crippen molar-refractivity contribution in [1.82, 2.24) is 4.98 Å². The normalized spacial score (nSPS) is 25.7. The summed E-state index contributed by atoms with van der Waals surface area (Å²) in [4.78, 5) is 4.71. The molecule has 0 spiro atoms. The number of thiazole rings is 1. The second kappa shape index (κ2) is 4.04. The number of halogens is 1. The van der Waals surface area contributed by atoms with E-state index in [-0.39, 0.29) is 18.3 Å². The molecule has 1 aliphatic heterocycles. The van der Waals surface area contributed by atoms with Crippen LogP contribution in [0, 0.1) is 0 Å². The van der Waals surface area contributed by atoms with E-state index >= 15 is 0 Å². The Hall–Kier alpha value is 0.0949. The number of aromatic nitrogens is 1. The van der Waals surface area contributed by atoms with Gasteiger partial charge in [0, 0.05) is 5.92 Å². The van der Waals surface area contributed by atoms with Crippen molar-refractivity contribution in [3.05, 3.63) is 8.79 Å². The minimum atomic E-state index is -0.354. The summed E-state index contributed by atoms with van der Waals surface area (Å²) in [5, 5.41) is 1.21. The van der Waals surface area contributed by atoms with E-state index in [1.165, 1.54) is 17.8 Å². The van der Waals surface area contributed by atoms with Crippen LogP contribution in [0.25, 0.3) is 0 Å². The second-order valence-corrected chi connectivity index (χ2v) is 8.42. The smallest absolute Gasteiger partial charge is 0.398 e. The quantitative estimate of drug-likeness (QED) is 0.781. The first-order valence-corrected chi connectivity index (χ1v) is 7.93. The molecule has 0 bridgehead atoms. The third-order valence-electron chi connectivity index (χ3n) is 4.03. The molecule has 0 radical (unpaired) electrons. The van der Waals surface area contributed by atoms with Crippen LogP contribution >= 0.6 is 27.3 Å². The molecule has 1 saturated carbocycles. The molecule has 18 heavy (non-hydrogen) atoms. The van der Waals surface area contributed by atoms with Gasteiger partial charge in [-0.1, -0.05) is 0 Å². The summed E-state index contributed by atoms with van der Waals surface area (Å²) >= 11 is 5.31. The van der Waals surface area contributed by atoms with Crippen molar-refractivity contribution in [2.75, 3.05) is 0 Å². The van der Waals surface area contributed by atoms with Crippen LogP contribution in [-0.4, -0.2) is 23.3 Å². The molecule has 2 fully saturated rings. The summed E-state index contributed by atoms with van der Waals surface area (Å²) in [7, 11) is -0.354. The zero-order chi connectivity index (χ0) is 13.1. The number of hydrogen-bond donors (Lipinski definition) is 0. The van der Waals surface area contributed by atoms with E-state index in [0.717, 1.165) is 9.38 Å². The first kappa shape index (κ1) is 13.1. The summed E-state index contributed by atoms with van der Waals surface area (Å²) in [6.07, 6.45) is 2.53. The van der Waals surface area contributed by atoms with E-state index in [1.54, 1.807) is 11.3 Å². The maximum absolute atomic E-state index is 6.04. The molecule has 0 amide bonds. The molecule has 98 valence electrons. The molecule has 1 aromatic heterocycles. The summed E-state index contributed by atoms with van der Waals surface area (Å²) < 4.78 is 13.1. The molecule has 1 aliphatic carbocycles. The van der Waals surface area contributed by atoms with E-state index in [1.807, 2.05) is 0 Å². The first-order valence-electron chi connectivity index (χ1n) is 6.32. The van der Waals surface area contributed by atoms with Crippen LogP contribution in [0.1, 0.15) is 51.5 Å². The molecule has 3 rings (SSSR count). The van der Waals surface area contributed by atoms with Crippen molar-refractivity contribution >= 4 is 40.0 Å². The van der Waals surface area contributed by atoms with Crippen molar-refractivity contribution < 1.29 is 9.31 Å². The van der Waals surface area contributed by atoms with E-state index in [2.05, 4.69) is 43.6 Å². The minimum Gasteiger partial charge on any atom is -0.398 e. The van der Waals surface area contributed by atoms with Gasteiger partial charge in [-0.15, -0.1) is 11.3 Å². The Bertz CT molecular complexity index is 468. The Balaban J connectivity index is 1.88. The van der Waals surface area contributed by atoms with Crippen LogP contribution in [0.5, 0.6) is 0 Å². The van der Waals surface area contributed by atoms with Gasteiger partial charge in [0.15, 0.2) is 0 Å². The summed E-state index contributed by atoms with van der Waals surface area (Å²) in [5.74, 6) is 0.669. The van der Waals surface area contributed by atoms with Gasteiger partial charge in [-0.2, -0.15) is 0 Å². The monoisotopic (exact) mass is 329 g/mol. The van der Waals surface area contributed by atoms with Gasteiger partial charge >= 0.3 is 7.12 Å². The third kappa shape index (κ3) is 2.07. The highest BCUT2D eigenvalue weighted by atomic mass is 79.9. The molecule has 1 saturated heterocycles. The lowest BCUT2D eigenvalue weighted by atomic mass is 9.86. The second-order valence-electron chi connectivity index (χ2n) is 6.07. The van der Waals surface area contributed by atoms with Crippen LogP contribution < -0.4 is 5.59 Å². The molecule has 6 heteroatoms. The molecule has 2 heterocycles. The van der Waals surface area contributed by atoms with Crippen LogP contribution in [0.15, 0.2) is 3.79 Å². The van der Waals surface area contributed by atoms with Gasteiger partial charge in [0.2, 0.25) is 0 Å². The lowest BCUT2D eigenvalue weighted by Gasteiger charge is -2.32. The van der Waals surface area contributed by atoms with E-state index in [4.69, 9.17) is 14.3 Å². The van der Waals surface area contributed by atoms with Crippen molar-refractivity contribution in [2.24, 2.45) is 0 Å². The van der Waals surface area contributed by atoms with E-state index in [9.17, 15) is 0 Å². The third-order valence-corrected chi connectivity index (χ3v) is 5.94. The van der Waals surface area contributed by atoms with Gasteiger partial charge in [0.1, 0.15) is 0 Å². The fourth-order valence-corrected chi connectivity index (χ4v) is 3.68. The van der Waals surface area contributed by atoms with E-state index < -0.39 is 0 Å². The predicted octanol–water partition coefficient (Wildman–Crippen LogP) is 3.08. The van der Waals surface area contributed by atoms with Crippen molar-refractivity contribution in [3.8, 4) is 0 Å². The Morgan fingerprint density at radius 1 is 1.22 bits per heavy atom. The van der Waals surface area contributed by atoms with Gasteiger partial charge < -0.3 is 9.31 Å². The topological polar surface area (TPSA) is 31.4 Å². The van der Waals surface area contributed by atoms with Gasteiger partial charge in [0.05, 0.1) is 25.6 Å². The average Bonchev–Trinajstić information content (AvgIpc) is 2.96. The van der Waals surface area contributed by atoms with Crippen LogP contribution in [0.2, 0.25) is 0 Å². The zero-order valence-corrected chi connectivity index (χ0v) is 13.5. The number of nitrogens with zero attached hydrogens (tertiary/aromatic N) is 1. The fraction of sp³-hybridized carbons (Fsp3) is 0.750. The van der Waals surface area contributed by atoms with Gasteiger partial charge in [-0.25, -0.2) is 4.98 Å². The van der Waals surface area contributed by atoms with Gasteiger partial charge in [-0.3, -0.25) is 0 Å². The molecule has 0 unspecified atom stereocenters. The largest absolute Gasteiger partial charge is 0.516 e. The molecular weight excluding hydrogens is 313 g/mol. The van der Waals surface area contributed by atoms with Crippen molar-refractivity contribution in [1.29, 1.82) is 0 Å². The standard InChI is InChI=1S/C12H17BBrNO2S/c1-11(2)12(3,4)17-13(16-11)8-9(14)18-10(15-8)7-5-6-7/h7H,5-6H2,1-4H3. The van der Waals surface area contributed by atoms with Crippen molar-refractivity contribution in [2.45, 2.75) is 57.7 Å². The average molecular weight is 330 g/mol. The maximum Gasteiger partial charge on any atom is 0.516 e. The molecule has 0 aromatic carbocycles. The molecular formula is C12H17BBrNO2S. The predicted molar refractivity (Wildman–Crippen MR) is 77.5 cm³/mol. The number of rotatable bonds is 2. The SMILES string of the molecule is CC1(C)OB(c2nc(C3CC3)sc2Br)OC1(C)C. The summed E-state index contributed by atoms with van der Waals surface area (Å²) in [5.41, 5.74) is 0.293. The first-order chi connectivity index (χ1) is 8.30. The zero-order valence-electron chi connectivity index (χ0n) is 11.1. The molecule has 0 atom stereocenters. The highest BCUT2D eigenvalue weighted by Crippen LogP contribution is 2.43. The lowest BCUT2D eigenvalue weighted by Crippen LogP contribution is -2.41. The Kier molecular flexibility index (Phi) is 2.94. The Labute approximate surface area is 121 Å². The van der Waals surface area contributed by atoms with Crippen LogP contribution in [-0.2, 0) is 9.31 Å². The van der Waals surface area contributed by atoms with Gasteiger partial charge in [-0.05, 0) is 56.5 Å². The summed E-state index contributed by atoms with van der Waals surface area (Å²) in [6.45, 7) is 8.26. The molecule has 1 aromatic rings. The Morgan fingerprint density at radius 2 is 1.78 bits per heavy atom. The molecule has 0 N–H and O–H groups in total. The highest BCUT2D eigenvalue weighted by Gasteiger charge is 2.53. The lowest BCUT2D eigenvalue weighted by molar-refractivity contribution is 0.00578. The number of hydrogen-bond acceptors (Lipinski definition) is 4. The minimum absolute atomic E-state index is 0.305.